The number of benzene rings is 5. The topological polar surface area (TPSA) is 500 Å². The summed E-state index contributed by atoms with van der Waals surface area (Å²) in [7, 11) is 0. The van der Waals surface area contributed by atoms with Gasteiger partial charge in [-0.25, -0.2) is 0 Å². The summed E-state index contributed by atoms with van der Waals surface area (Å²) in [6.45, 7) is 5.67. The number of ketones is 3. The summed E-state index contributed by atoms with van der Waals surface area (Å²) in [5.74, 6) is -15.2. The van der Waals surface area contributed by atoms with Crippen LogP contribution in [0.3, 0.4) is 0 Å². The molecule has 5 aromatic rings. The molecule has 5 amide bonds. The van der Waals surface area contributed by atoms with Gasteiger partial charge in [0.25, 0.3) is 0 Å². The number of phenolic OH excluding ortho intramolecular Hbond substituents is 3. The van der Waals surface area contributed by atoms with Crippen molar-refractivity contribution in [3.05, 3.63) is 117 Å². The van der Waals surface area contributed by atoms with Crippen LogP contribution >= 0.6 is 23.2 Å². The zero-order chi connectivity index (χ0) is 79.0. The highest BCUT2D eigenvalue weighted by atomic mass is 35.5. The largest absolute Gasteiger partial charge is 0.508 e. The lowest BCUT2D eigenvalue weighted by Crippen LogP contribution is -2.64. The summed E-state index contributed by atoms with van der Waals surface area (Å²) in [4.78, 5) is 121. The molecule has 0 spiro atoms. The average molecular weight is 1570 g/mol. The van der Waals surface area contributed by atoms with Crippen LogP contribution in [0.5, 0.6) is 46.0 Å². The monoisotopic (exact) mass is 1560 g/mol. The number of Topliss-reactive ketones (excluding diaryl/α,β-unsaturated/α-hetero) is 3. The summed E-state index contributed by atoms with van der Waals surface area (Å²) in [5.41, 5.74) is 15.8. The smallest absolute Gasteiger partial charge is 0.246 e. The summed E-state index contributed by atoms with van der Waals surface area (Å²) >= 11 is 14.3. The zero-order valence-electron chi connectivity index (χ0n) is 60.5. The molecule has 9 unspecified atom stereocenters. The van der Waals surface area contributed by atoms with E-state index >= 15 is 24.0 Å². The summed E-state index contributed by atoms with van der Waals surface area (Å²) in [6, 6.07) is 5.99. The normalized spacial score (nSPS) is 33.2. The Hall–Kier alpha value is -8.60. The van der Waals surface area contributed by atoms with E-state index in [1.165, 1.54) is 62.4 Å². The zero-order valence-corrected chi connectivity index (χ0v) is 62.0. The van der Waals surface area contributed by atoms with E-state index in [-0.39, 0.29) is 103 Å². The highest BCUT2D eigenvalue weighted by Crippen LogP contribution is 2.58. The van der Waals surface area contributed by atoms with Gasteiger partial charge >= 0.3 is 0 Å². The van der Waals surface area contributed by atoms with E-state index < -0.39 is 216 Å². The molecule has 19 N–H and O–H groups in total. The number of aliphatic hydroxyl groups is 6. The second-order valence-corrected chi connectivity index (χ2v) is 32.3. The van der Waals surface area contributed by atoms with Crippen LogP contribution < -0.4 is 52.7 Å². The Balaban J connectivity index is 1.01. The van der Waals surface area contributed by atoms with Gasteiger partial charge in [0, 0.05) is 54.8 Å². The molecule has 5 aromatic carbocycles. The molecule has 0 aromatic heterocycles. The van der Waals surface area contributed by atoms with Crippen molar-refractivity contribution in [2.24, 2.45) is 58.6 Å². The van der Waals surface area contributed by atoms with Crippen molar-refractivity contribution < 1.29 is 113 Å². The molecule has 110 heavy (non-hydrogen) atoms. The van der Waals surface area contributed by atoms with E-state index in [0.717, 1.165) is 62.4 Å². The SMILES string of the molecule is CC(C)C[C@@H](N)C(=O)N[C@H]1C(=O)C[C@@H](CC(N)=O)C(=O)N[C@H]2C(=O)C[C@H]3C(=O)N[C@H](C(=O)N[C@H](C(=O)CC4C5CC6CC(C5)CC4C6)c4cc(O)cc(O)c4-c4cc3ccc4O)[C@H](O)c3ccc(c(Cl)c3)Oc3cc2cc(c3OC2OC(CO)C(O)C(O)C2OC2CC(C)(N)C(O)C(C)O2)Oc2ccc(cc2Cl)[C@H]1O. The van der Waals surface area contributed by atoms with Crippen LogP contribution in [0, 0.1) is 41.4 Å². The molecule has 6 fully saturated rings. The van der Waals surface area contributed by atoms with E-state index in [0.29, 0.717) is 11.8 Å². The van der Waals surface area contributed by atoms with E-state index in [1.807, 2.05) is 0 Å². The fraction of sp³-hybridized carbons (Fsp3) is 0.513. The summed E-state index contributed by atoms with van der Waals surface area (Å²) < 4.78 is 38.8. The second-order valence-electron chi connectivity index (χ2n) is 31.5. The number of carbonyl (C=O) groups excluding carboxylic acids is 8. The molecule has 7 heterocycles. The molecular formula is C78H91Cl2N7O23. The van der Waals surface area contributed by atoms with Crippen LogP contribution in [0.25, 0.3) is 11.1 Å². The lowest BCUT2D eigenvalue weighted by Gasteiger charge is -2.54. The summed E-state index contributed by atoms with van der Waals surface area (Å²) in [6.07, 6.45) is -15.5. The molecule has 32 heteroatoms. The number of amides is 5. The van der Waals surface area contributed by atoms with Gasteiger partial charge < -0.3 is 113 Å². The van der Waals surface area contributed by atoms with Crippen LogP contribution in [0.15, 0.2) is 78.9 Å². The molecule has 7 aliphatic heterocycles. The van der Waals surface area contributed by atoms with Crippen LogP contribution in [-0.4, -0.2) is 172 Å². The van der Waals surface area contributed by atoms with Crippen LogP contribution in [-0.2, 0) is 52.6 Å². The van der Waals surface area contributed by atoms with E-state index in [4.69, 9.17) is 68.8 Å². The van der Waals surface area contributed by atoms with Gasteiger partial charge in [0.05, 0.1) is 46.7 Å². The minimum Gasteiger partial charge on any atom is -0.508 e. The first kappa shape index (κ1) is 79.5. The maximum atomic E-state index is 16.4. The molecule has 18 atom stereocenters. The fourth-order valence-electron chi connectivity index (χ4n) is 17.6. The quantitative estimate of drug-likeness (QED) is 0.0712. The first-order valence-corrected chi connectivity index (χ1v) is 37.7. The predicted molar refractivity (Wildman–Crippen MR) is 390 cm³/mol. The van der Waals surface area contributed by atoms with Crippen molar-refractivity contribution >= 4 is 70.1 Å². The molecular weight excluding hydrogens is 1470 g/mol. The van der Waals surface area contributed by atoms with Crippen molar-refractivity contribution in [1.29, 1.82) is 0 Å². The Morgan fingerprint density at radius 2 is 1.33 bits per heavy atom. The van der Waals surface area contributed by atoms with Gasteiger partial charge in [0.2, 0.25) is 41.6 Å². The van der Waals surface area contributed by atoms with Crippen LogP contribution in [0.2, 0.25) is 10.0 Å². The lowest BCUT2D eigenvalue weighted by atomic mass is 9.51. The third-order valence-electron chi connectivity index (χ3n) is 23.0. The standard InChI is InChI=1S/C78H91Cl2N7O23/c1-30(2)11-48(81)75(103)86-64-51(92)20-40(23-59(82)95)73(101)84-62-39-21-56(106-54-9-6-35(66(64)96)18-46(54)79)70(110-77-71(69(99)68(98)58(29-88)108-77)109-60-28-78(4,83)72(100)31(3)105-60)57(22-39)107-55-10-7-36(19-47(55)80)67(97)65-76(104)85-63(53(94)26-42-37-13-32-12-33(15-37)16-38(42)14-32)45-24-41(89)25-50(91)61(45)44-17-34(5-8-49(44)90)43(27-52(62)93)74(102)87-65/h5-10,17-19,21-22,24-25,30-33,37-38,40,42-43,48,58,60,62-69,71-72,77,88-91,96-100H,11-16,20,23,26-29,81,83H2,1-4H3,(H2,82,95)(H,84,101)(H,85,104)(H,86,103)(H,87,102)/t31?,32?,33?,37?,38?,40-,42?,43+,48+,58?,60?,62+,63-,64-,65-,66+,67+,68?,69?,71?,72?,77?,78?/m0/s1. The number of nitrogens with two attached hydrogens (primary N) is 3. The van der Waals surface area contributed by atoms with Gasteiger partial charge in [-0.15, -0.1) is 0 Å². The Bertz CT molecular complexity index is 4420. The van der Waals surface area contributed by atoms with Gasteiger partial charge in [-0.3, -0.25) is 38.4 Å². The highest BCUT2D eigenvalue weighted by molar-refractivity contribution is 6.32. The third kappa shape index (κ3) is 16.2. The Morgan fingerprint density at radius 3 is 1.93 bits per heavy atom. The first-order chi connectivity index (χ1) is 52.1. The number of hydrogen-bond donors (Lipinski definition) is 16. The van der Waals surface area contributed by atoms with Crippen LogP contribution in [0.4, 0.5) is 0 Å². The van der Waals surface area contributed by atoms with Crippen molar-refractivity contribution in [1.82, 2.24) is 21.3 Å². The molecule has 16 rings (SSSR count). The predicted octanol–water partition coefficient (Wildman–Crippen LogP) is 4.77. The molecule has 15 bridgehead atoms. The van der Waals surface area contributed by atoms with Gasteiger partial charge in [-0.2, -0.15) is 0 Å². The average Bonchev–Trinajstić information content (AvgIpc) is 0.758. The van der Waals surface area contributed by atoms with E-state index in [2.05, 4.69) is 21.3 Å². The number of primary amides is 1. The number of hydrogen-bond acceptors (Lipinski definition) is 25. The number of aliphatic hydroxyl groups excluding tert-OH is 6. The first-order valence-electron chi connectivity index (χ1n) is 36.9. The third-order valence-corrected chi connectivity index (χ3v) is 23.6. The van der Waals surface area contributed by atoms with E-state index in [1.54, 1.807) is 13.8 Å². The maximum Gasteiger partial charge on any atom is 0.246 e. The molecule has 30 nitrogen and oxygen atoms in total. The van der Waals surface area contributed by atoms with Gasteiger partial charge in [-0.05, 0) is 170 Å². The maximum absolute atomic E-state index is 16.4. The Labute approximate surface area is 641 Å². The molecule has 0 radical (unpaired) electrons. The Morgan fingerprint density at radius 1 is 0.700 bits per heavy atom. The number of fused-ring (bicyclic) bond motifs is 15. The number of phenols is 3. The Kier molecular flexibility index (Phi) is 23.0. The fourth-order valence-corrected chi connectivity index (χ4v) is 18.0. The minimum atomic E-state index is -2.17. The van der Waals surface area contributed by atoms with Crippen LogP contribution in [0.1, 0.15) is 156 Å². The molecule has 4 saturated carbocycles. The van der Waals surface area contributed by atoms with Gasteiger partial charge in [0.1, 0.15) is 83.4 Å². The van der Waals surface area contributed by atoms with Crippen molar-refractivity contribution in [2.45, 2.75) is 201 Å². The lowest BCUT2D eigenvalue weighted by molar-refractivity contribution is -0.333. The molecule has 11 aliphatic rings. The number of rotatable bonds is 14. The van der Waals surface area contributed by atoms with E-state index in [9.17, 15) is 60.3 Å². The number of aromatic hydroxyl groups is 3. The molecule has 2 saturated heterocycles. The van der Waals surface area contributed by atoms with Gasteiger partial charge in [-0.1, -0.05) is 55.2 Å². The second kappa shape index (κ2) is 31.9. The van der Waals surface area contributed by atoms with Gasteiger partial charge in [0.15, 0.2) is 41.2 Å². The summed E-state index contributed by atoms with van der Waals surface area (Å²) in [5, 5.41) is 116. The molecule has 590 valence electrons. The highest BCUT2D eigenvalue weighted by Gasteiger charge is 2.53. The van der Waals surface area contributed by atoms with Crippen molar-refractivity contribution in [3.8, 4) is 57.1 Å². The minimum absolute atomic E-state index is 0.0657. The number of ether oxygens (including phenoxy) is 6. The molecule has 4 aliphatic carbocycles. The number of nitrogens with one attached hydrogen (secondary N) is 4. The van der Waals surface area contributed by atoms with Crippen molar-refractivity contribution in [2.75, 3.05) is 6.61 Å². The van der Waals surface area contributed by atoms with Crippen molar-refractivity contribution in [3.63, 3.8) is 0 Å². The number of carbonyl (C=O) groups is 8. The number of halogens is 2.